The maximum absolute atomic E-state index is 4.47. The molecule has 0 saturated carbocycles. The lowest BCUT2D eigenvalue weighted by Gasteiger charge is -2.15. The topological polar surface area (TPSA) is 37.8 Å². The fourth-order valence-corrected chi connectivity index (χ4v) is 3.49. The van der Waals surface area contributed by atoms with Gasteiger partial charge in [-0.05, 0) is 24.1 Å². The monoisotopic (exact) mass is 279 g/mol. The second-order valence-electron chi connectivity index (χ2n) is 3.89. The summed E-state index contributed by atoms with van der Waals surface area (Å²) in [5.74, 6) is 1.92. The van der Waals surface area contributed by atoms with Crippen LogP contribution in [-0.4, -0.2) is 22.2 Å². The van der Waals surface area contributed by atoms with Crippen LogP contribution in [0.4, 0.5) is 0 Å². The molecule has 0 aliphatic carbocycles. The van der Waals surface area contributed by atoms with E-state index in [1.807, 2.05) is 13.1 Å². The number of hydrogen-bond donors (Lipinski definition) is 1. The normalized spacial score (nSPS) is 12.6. The summed E-state index contributed by atoms with van der Waals surface area (Å²) in [6.07, 6.45) is 0.908. The summed E-state index contributed by atoms with van der Waals surface area (Å²) in [7, 11) is 2.00. The average molecular weight is 279 g/mol. The molecule has 1 atom stereocenters. The number of nitrogens with zero attached hydrogens (tertiary/aromatic N) is 2. The third-order valence-electron chi connectivity index (χ3n) is 2.69. The van der Waals surface area contributed by atoms with Crippen LogP contribution in [0, 0.1) is 0 Å². The first-order valence-electron chi connectivity index (χ1n) is 6.01. The summed E-state index contributed by atoms with van der Waals surface area (Å²) < 4.78 is 5.36. The van der Waals surface area contributed by atoms with Crippen LogP contribution in [0.15, 0.2) is 34.7 Å². The molecular formula is C13H17N3S2. The molecule has 1 N–H and O–H groups in total. The van der Waals surface area contributed by atoms with Gasteiger partial charge in [0.1, 0.15) is 5.82 Å². The number of nitrogens with one attached hydrogen (secondary N) is 1. The van der Waals surface area contributed by atoms with Gasteiger partial charge in [0.25, 0.3) is 0 Å². The maximum atomic E-state index is 4.47. The van der Waals surface area contributed by atoms with Gasteiger partial charge in [-0.1, -0.05) is 49.0 Å². The van der Waals surface area contributed by atoms with Crippen molar-refractivity contribution in [3.8, 4) is 0 Å². The Hall–Kier alpha value is -0.910. The maximum Gasteiger partial charge on any atom is 0.170 e. The average Bonchev–Trinajstić information content (AvgIpc) is 2.89. The Morgan fingerprint density at radius 1 is 1.33 bits per heavy atom. The van der Waals surface area contributed by atoms with Gasteiger partial charge in [0.2, 0.25) is 0 Å². The molecule has 2 rings (SSSR count). The van der Waals surface area contributed by atoms with Crippen LogP contribution < -0.4 is 5.32 Å². The molecule has 2 aromatic rings. The van der Waals surface area contributed by atoms with Gasteiger partial charge in [-0.3, -0.25) is 0 Å². The number of thioether (sulfide) groups is 1. The van der Waals surface area contributed by atoms with Crippen LogP contribution in [0.2, 0.25) is 0 Å². The second kappa shape index (κ2) is 6.87. The van der Waals surface area contributed by atoms with Crippen molar-refractivity contribution < 1.29 is 0 Å². The number of rotatable bonds is 6. The second-order valence-corrected chi connectivity index (χ2v) is 5.91. The molecule has 1 aromatic heterocycles. The minimum absolute atomic E-state index is 0.352. The SMILES string of the molecule is CCc1nsc(SCC(NC)c2ccccc2)n1. The largest absolute Gasteiger partial charge is 0.312 e. The molecule has 3 nitrogen and oxygen atoms in total. The van der Waals surface area contributed by atoms with Crippen LogP contribution in [0.5, 0.6) is 0 Å². The van der Waals surface area contributed by atoms with E-state index in [1.54, 1.807) is 11.8 Å². The molecule has 0 aliphatic heterocycles. The van der Waals surface area contributed by atoms with Crippen molar-refractivity contribution in [1.82, 2.24) is 14.7 Å². The summed E-state index contributed by atoms with van der Waals surface area (Å²) in [5, 5.41) is 3.34. The van der Waals surface area contributed by atoms with Gasteiger partial charge in [0.05, 0.1) is 0 Å². The summed E-state index contributed by atoms with van der Waals surface area (Å²) in [5.41, 5.74) is 1.31. The highest BCUT2D eigenvalue weighted by molar-refractivity contribution is 8.00. The fraction of sp³-hybridized carbons (Fsp3) is 0.385. The molecule has 96 valence electrons. The van der Waals surface area contributed by atoms with Crippen molar-refractivity contribution in [3.05, 3.63) is 41.7 Å². The molecule has 0 radical (unpaired) electrons. The lowest BCUT2D eigenvalue weighted by atomic mass is 10.1. The predicted molar refractivity (Wildman–Crippen MR) is 78.3 cm³/mol. The first kappa shape index (κ1) is 13.5. The molecule has 1 unspecified atom stereocenters. The molecule has 0 amide bonds. The Kier molecular flexibility index (Phi) is 5.16. The first-order chi connectivity index (χ1) is 8.83. The lowest BCUT2D eigenvalue weighted by Crippen LogP contribution is -2.18. The van der Waals surface area contributed by atoms with Gasteiger partial charge in [-0.15, -0.1) is 0 Å². The lowest BCUT2D eigenvalue weighted by molar-refractivity contribution is 0.662. The third kappa shape index (κ3) is 3.54. The molecule has 1 heterocycles. The number of aryl methyl sites for hydroxylation is 1. The number of aromatic nitrogens is 2. The Morgan fingerprint density at radius 2 is 2.11 bits per heavy atom. The summed E-state index contributed by atoms with van der Waals surface area (Å²) in [6, 6.07) is 10.8. The van der Waals surface area contributed by atoms with Gasteiger partial charge in [0, 0.05) is 18.2 Å². The van der Waals surface area contributed by atoms with Crippen molar-refractivity contribution >= 4 is 23.3 Å². The van der Waals surface area contributed by atoms with E-state index in [2.05, 4.69) is 45.9 Å². The molecule has 5 heteroatoms. The third-order valence-corrected chi connectivity index (χ3v) is 4.65. The van der Waals surface area contributed by atoms with E-state index >= 15 is 0 Å². The number of hydrogen-bond acceptors (Lipinski definition) is 5. The van der Waals surface area contributed by atoms with Crippen LogP contribution in [-0.2, 0) is 6.42 Å². The van der Waals surface area contributed by atoms with Crippen molar-refractivity contribution in [2.45, 2.75) is 23.7 Å². The van der Waals surface area contributed by atoms with E-state index in [0.29, 0.717) is 6.04 Å². The first-order valence-corrected chi connectivity index (χ1v) is 7.77. The van der Waals surface area contributed by atoms with E-state index < -0.39 is 0 Å². The smallest absolute Gasteiger partial charge is 0.170 e. The molecular weight excluding hydrogens is 262 g/mol. The predicted octanol–water partition coefficient (Wildman–Crippen LogP) is 3.15. The van der Waals surface area contributed by atoms with E-state index in [0.717, 1.165) is 22.3 Å². The van der Waals surface area contributed by atoms with E-state index in [1.165, 1.54) is 17.1 Å². The van der Waals surface area contributed by atoms with Crippen molar-refractivity contribution in [1.29, 1.82) is 0 Å². The quantitative estimate of drug-likeness (QED) is 0.824. The van der Waals surface area contributed by atoms with Crippen LogP contribution in [0.3, 0.4) is 0 Å². The van der Waals surface area contributed by atoms with Crippen LogP contribution >= 0.6 is 23.3 Å². The minimum atomic E-state index is 0.352. The molecule has 0 saturated heterocycles. The fourth-order valence-electron chi connectivity index (χ4n) is 1.63. The minimum Gasteiger partial charge on any atom is -0.312 e. The highest BCUT2D eigenvalue weighted by atomic mass is 32.2. The highest BCUT2D eigenvalue weighted by Crippen LogP contribution is 2.25. The highest BCUT2D eigenvalue weighted by Gasteiger charge is 2.11. The van der Waals surface area contributed by atoms with Gasteiger partial charge < -0.3 is 5.32 Å². The standard InChI is InChI=1S/C13H17N3S2/c1-3-12-15-13(18-16-12)17-9-11(14-2)10-7-5-4-6-8-10/h4-8,11,14H,3,9H2,1-2H3. The molecule has 18 heavy (non-hydrogen) atoms. The van der Waals surface area contributed by atoms with E-state index in [9.17, 15) is 0 Å². The summed E-state index contributed by atoms with van der Waals surface area (Å²) >= 11 is 3.26. The zero-order chi connectivity index (χ0) is 12.8. The van der Waals surface area contributed by atoms with Crippen molar-refractivity contribution in [2.75, 3.05) is 12.8 Å². The molecule has 0 spiro atoms. The molecule has 0 bridgehead atoms. The molecule has 1 aromatic carbocycles. The Morgan fingerprint density at radius 3 is 2.72 bits per heavy atom. The van der Waals surface area contributed by atoms with Gasteiger partial charge >= 0.3 is 0 Å². The Bertz CT molecular complexity index is 470. The summed E-state index contributed by atoms with van der Waals surface area (Å²) in [4.78, 5) is 4.47. The van der Waals surface area contributed by atoms with Gasteiger partial charge in [-0.25, -0.2) is 4.98 Å². The molecule has 0 aliphatic rings. The zero-order valence-electron chi connectivity index (χ0n) is 10.6. The van der Waals surface area contributed by atoms with Crippen molar-refractivity contribution in [2.24, 2.45) is 0 Å². The van der Waals surface area contributed by atoms with Crippen LogP contribution in [0.25, 0.3) is 0 Å². The van der Waals surface area contributed by atoms with E-state index in [4.69, 9.17) is 0 Å². The van der Waals surface area contributed by atoms with Crippen LogP contribution in [0.1, 0.15) is 24.4 Å². The van der Waals surface area contributed by atoms with Gasteiger partial charge in [-0.2, -0.15) is 4.37 Å². The zero-order valence-corrected chi connectivity index (χ0v) is 12.2. The van der Waals surface area contributed by atoms with E-state index in [-0.39, 0.29) is 0 Å². The van der Waals surface area contributed by atoms with Gasteiger partial charge in [0.15, 0.2) is 4.34 Å². The number of benzene rings is 1. The Balaban J connectivity index is 1.95. The Labute approximate surface area is 116 Å². The van der Waals surface area contributed by atoms with Crippen molar-refractivity contribution in [3.63, 3.8) is 0 Å². The molecule has 0 fully saturated rings. The summed E-state index contributed by atoms with van der Waals surface area (Å²) in [6.45, 7) is 2.08.